The molecular weight excluding hydrogens is 260 g/mol. The van der Waals surface area contributed by atoms with Crippen LogP contribution in [0.2, 0.25) is 0 Å². The van der Waals surface area contributed by atoms with Gasteiger partial charge in [0.2, 0.25) is 0 Å². The van der Waals surface area contributed by atoms with Gasteiger partial charge in [0.1, 0.15) is 11.5 Å². The number of phenols is 1. The molecule has 2 rings (SSSR count). The van der Waals surface area contributed by atoms with Crippen LogP contribution in [0.15, 0.2) is 23.4 Å². The highest BCUT2D eigenvalue weighted by Gasteiger charge is 2.28. The van der Waals surface area contributed by atoms with Crippen molar-refractivity contribution in [1.29, 1.82) is 0 Å². The van der Waals surface area contributed by atoms with Crippen LogP contribution in [-0.2, 0) is 0 Å². The Kier molecular flexibility index (Phi) is 4.12. The summed E-state index contributed by atoms with van der Waals surface area (Å²) in [5.41, 5.74) is 0.921. The highest BCUT2D eigenvalue weighted by molar-refractivity contribution is 5.98. The lowest BCUT2D eigenvalue weighted by atomic mass is 9.97. The van der Waals surface area contributed by atoms with Crippen molar-refractivity contribution in [3.63, 3.8) is 0 Å². The van der Waals surface area contributed by atoms with Crippen LogP contribution >= 0.6 is 0 Å². The van der Waals surface area contributed by atoms with Gasteiger partial charge in [-0.15, -0.1) is 0 Å². The molecule has 1 saturated heterocycles. The van der Waals surface area contributed by atoms with E-state index < -0.39 is 0 Å². The molecule has 0 bridgehead atoms. The molecule has 0 aliphatic carbocycles. The van der Waals surface area contributed by atoms with E-state index in [1.54, 1.807) is 11.0 Å². The number of hydrogen-bond acceptors (Lipinski definition) is 5. The second-order valence-corrected chi connectivity index (χ2v) is 4.88. The topological polar surface area (TPSA) is 82.4 Å². The van der Waals surface area contributed by atoms with Gasteiger partial charge in [-0.05, 0) is 18.2 Å². The van der Waals surface area contributed by atoms with Crippen LogP contribution in [0.5, 0.6) is 11.5 Å². The van der Waals surface area contributed by atoms with Gasteiger partial charge in [-0.3, -0.25) is 4.79 Å². The molecule has 1 aromatic carbocycles. The third-order valence-corrected chi connectivity index (χ3v) is 3.55. The predicted molar refractivity (Wildman–Crippen MR) is 73.6 cm³/mol. The molecule has 1 aliphatic rings. The van der Waals surface area contributed by atoms with Gasteiger partial charge in [0.15, 0.2) is 0 Å². The summed E-state index contributed by atoms with van der Waals surface area (Å²) < 4.78 is 5.07. The van der Waals surface area contributed by atoms with Crippen molar-refractivity contribution in [1.82, 2.24) is 4.90 Å². The molecule has 108 valence electrons. The van der Waals surface area contributed by atoms with Crippen molar-refractivity contribution in [3.8, 4) is 11.5 Å². The number of carbonyl (C=O) groups excluding carboxylic acids is 1. The standard InChI is InChI=1S/C14H18N2O4/c1-9-8-16(6-5-12(9)15-19)14(18)11-7-10(20-2)3-4-13(11)17/h3-4,7,9,17,19H,5-6,8H2,1-2H3/b15-12-. The Bertz CT molecular complexity index is 542. The number of hydrogen-bond donors (Lipinski definition) is 2. The van der Waals surface area contributed by atoms with Crippen LogP contribution in [-0.4, -0.2) is 47.0 Å². The summed E-state index contributed by atoms with van der Waals surface area (Å²) in [6.07, 6.45) is 0.536. The average Bonchev–Trinajstić information content (AvgIpc) is 2.47. The molecule has 6 heteroatoms. The molecule has 0 saturated carbocycles. The number of benzene rings is 1. The Morgan fingerprint density at radius 3 is 2.85 bits per heavy atom. The van der Waals surface area contributed by atoms with Crippen LogP contribution in [0.3, 0.4) is 0 Å². The molecule has 20 heavy (non-hydrogen) atoms. The van der Waals surface area contributed by atoms with Gasteiger partial charge >= 0.3 is 0 Å². The number of piperidine rings is 1. The smallest absolute Gasteiger partial charge is 0.257 e. The van der Waals surface area contributed by atoms with E-state index in [1.165, 1.54) is 19.2 Å². The summed E-state index contributed by atoms with van der Waals surface area (Å²) in [5.74, 6) is 0.217. The molecule has 1 aliphatic heterocycles. The van der Waals surface area contributed by atoms with Crippen molar-refractivity contribution in [2.24, 2.45) is 11.1 Å². The lowest BCUT2D eigenvalue weighted by Crippen LogP contribution is -2.43. The van der Waals surface area contributed by atoms with E-state index in [9.17, 15) is 9.90 Å². The Hall–Kier alpha value is -2.24. The number of amides is 1. The number of rotatable bonds is 2. The van der Waals surface area contributed by atoms with Gasteiger partial charge in [-0.2, -0.15) is 0 Å². The van der Waals surface area contributed by atoms with E-state index in [1.807, 2.05) is 6.92 Å². The van der Waals surface area contributed by atoms with Crippen LogP contribution in [0.1, 0.15) is 23.7 Å². The summed E-state index contributed by atoms with van der Waals surface area (Å²) in [6.45, 7) is 2.84. The molecular formula is C14H18N2O4. The van der Waals surface area contributed by atoms with E-state index in [-0.39, 0.29) is 23.1 Å². The SMILES string of the molecule is COc1ccc(O)c(C(=O)N2CC/C(=N/O)C(C)C2)c1. The number of methoxy groups -OCH3 is 1. The Morgan fingerprint density at radius 1 is 1.50 bits per heavy atom. The molecule has 0 aromatic heterocycles. The van der Waals surface area contributed by atoms with E-state index in [0.29, 0.717) is 31.0 Å². The quantitative estimate of drug-likeness (QED) is 0.637. The summed E-state index contributed by atoms with van der Waals surface area (Å²) in [5, 5.41) is 21.9. The lowest BCUT2D eigenvalue weighted by Gasteiger charge is -2.31. The third kappa shape index (κ3) is 2.68. The largest absolute Gasteiger partial charge is 0.507 e. The normalized spacial score (nSPS) is 21.0. The highest BCUT2D eigenvalue weighted by atomic mass is 16.5. The fourth-order valence-corrected chi connectivity index (χ4v) is 2.34. The van der Waals surface area contributed by atoms with E-state index >= 15 is 0 Å². The second-order valence-electron chi connectivity index (χ2n) is 4.88. The van der Waals surface area contributed by atoms with Crippen molar-refractivity contribution >= 4 is 11.6 Å². The minimum absolute atomic E-state index is 0.00505. The van der Waals surface area contributed by atoms with Crippen molar-refractivity contribution in [3.05, 3.63) is 23.8 Å². The van der Waals surface area contributed by atoms with E-state index in [2.05, 4.69) is 5.16 Å². The minimum atomic E-state index is -0.245. The molecule has 1 amide bonds. The Labute approximate surface area is 117 Å². The monoisotopic (exact) mass is 278 g/mol. The van der Waals surface area contributed by atoms with Crippen molar-refractivity contribution in [2.45, 2.75) is 13.3 Å². The lowest BCUT2D eigenvalue weighted by molar-refractivity contribution is 0.0730. The van der Waals surface area contributed by atoms with Crippen LogP contribution in [0.25, 0.3) is 0 Å². The molecule has 1 atom stereocenters. The molecule has 2 N–H and O–H groups in total. The molecule has 1 heterocycles. The van der Waals surface area contributed by atoms with Crippen LogP contribution in [0.4, 0.5) is 0 Å². The molecule has 0 radical (unpaired) electrons. The maximum atomic E-state index is 12.4. The molecule has 0 spiro atoms. The van der Waals surface area contributed by atoms with Gasteiger partial charge < -0.3 is 20.0 Å². The summed E-state index contributed by atoms with van der Waals surface area (Å²) in [6, 6.07) is 4.57. The van der Waals surface area contributed by atoms with Gasteiger partial charge in [-0.1, -0.05) is 12.1 Å². The average molecular weight is 278 g/mol. The summed E-state index contributed by atoms with van der Waals surface area (Å²) in [7, 11) is 1.51. The van der Waals surface area contributed by atoms with Crippen molar-refractivity contribution < 1.29 is 19.8 Å². The zero-order valence-electron chi connectivity index (χ0n) is 11.5. The first kappa shape index (κ1) is 14.2. The number of carbonyl (C=O) groups is 1. The molecule has 1 fully saturated rings. The van der Waals surface area contributed by atoms with E-state index in [4.69, 9.17) is 9.94 Å². The van der Waals surface area contributed by atoms with Gasteiger partial charge in [0.05, 0.1) is 18.4 Å². The number of nitrogens with zero attached hydrogens (tertiary/aromatic N) is 2. The first-order valence-corrected chi connectivity index (χ1v) is 6.44. The van der Waals surface area contributed by atoms with Crippen LogP contribution < -0.4 is 4.74 Å². The molecule has 1 unspecified atom stereocenters. The third-order valence-electron chi connectivity index (χ3n) is 3.55. The summed E-state index contributed by atoms with van der Waals surface area (Å²) in [4.78, 5) is 14.1. The first-order chi connectivity index (χ1) is 9.56. The Balaban J connectivity index is 2.20. The minimum Gasteiger partial charge on any atom is -0.507 e. The van der Waals surface area contributed by atoms with Gasteiger partial charge in [0.25, 0.3) is 5.91 Å². The fourth-order valence-electron chi connectivity index (χ4n) is 2.34. The zero-order valence-corrected chi connectivity index (χ0v) is 11.5. The first-order valence-electron chi connectivity index (χ1n) is 6.44. The second kappa shape index (κ2) is 5.81. The maximum absolute atomic E-state index is 12.4. The highest BCUT2D eigenvalue weighted by Crippen LogP contribution is 2.26. The number of oxime groups is 1. The van der Waals surface area contributed by atoms with Crippen LogP contribution in [0, 0.1) is 5.92 Å². The fraction of sp³-hybridized carbons (Fsp3) is 0.429. The van der Waals surface area contributed by atoms with Crippen molar-refractivity contribution in [2.75, 3.05) is 20.2 Å². The zero-order chi connectivity index (χ0) is 14.7. The van der Waals surface area contributed by atoms with Gasteiger partial charge in [0, 0.05) is 25.4 Å². The molecule has 6 nitrogen and oxygen atoms in total. The molecule has 1 aromatic rings. The number of aromatic hydroxyl groups is 1. The summed E-state index contributed by atoms with van der Waals surface area (Å²) >= 11 is 0. The Morgan fingerprint density at radius 2 is 2.25 bits per heavy atom. The van der Waals surface area contributed by atoms with E-state index in [0.717, 1.165) is 0 Å². The van der Waals surface area contributed by atoms with Gasteiger partial charge in [-0.25, -0.2) is 0 Å². The number of phenolic OH excluding ortho intramolecular Hbond substituents is 1. The number of ether oxygens (including phenoxy) is 1. The predicted octanol–water partition coefficient (Wildman–Crippen LogP) is 1.71. The maximum Gasteiger partial charge on any atom is 0.257 e. The number of likely N-dealkylation sites (tertiary alicyclic amines) is 1.